The zero-order valence-corrected chi connectivity index (χ0v) is 9.76. The number of carboxylic acid groups (broad SMARTS) is 1. The quantitative estimate of drug-likeness (QED) is 0.869. The van der Waals surface area contributed by atoms with Crippen molar-refractivity contribution < 1.29 is 19.0 Å². The molecule has 0 aromatic heterocycles. The zero-order valence-electron chi connectivity index (χ0n) is 7.41. The van der Waals surface area contributed by atoms with E-state index in [0.29, 0.717) is 4.47 Å². The first-order chi connectivity index (χ1) is 7.00. The summed E-state index contributed by atoms with van der Waals surface area (Å²) in [7, 11) is 0. The van der Waals surface area contributed by atoms with Crippen LogP contribution in [0.1, 0.15) is 0 Å². The van der Waals surface area contributed by atoms with Gasteiger partial charge in [-0.05, 0) is 28.1 Å². The van der Waals surface area contributed by atoms with E-state index in [1.54, 1.807) is 0 Å². The number of benzene rings is 1. The standard InChI is InChI=1S/C9H7BrClFO3/c10-6-2-1-5(3-8(6)12)15-4-7(11)9(13)14/h1-3,7H,4H2,(H,13,14). The topological polar surface area (TPSA) is 46.5 Å². The van der Waals surface area contributed by atoms with Gasteiger partial charge in [0.25, 0.3) is 0 Å². The molecule has 1 atom stereocenters. The minimum atomic E-state index is -1.17. The molecule has 1 aromatic carbocycles. The van der Waals surface area contributed by atoms with E-state index >= 15 is 0 Å². The second-order valence-corrected chi connectivity index (χ2v) is 4.07. The molecule has 15 heavy (non-hydrogen) atoms. The van der Waals surface area contributed by atoms with Crippen molar-refractivity contribution in [2.45, 2.75) is 5.38 Å². The summed E-state index contributed by atoms with van der Waals surface area (Å²) in [4.78, 5) is 10.3. The van der Waals surface area contributed by atoms with Crippen LogP contribution in [-0.2, 0) is 4.79 Å². The number of hydrogen-bond donors (Lipinski definition) is 1. The van der Waals surface area contributed by atoms with Crippen molar-refractivity contribution in [2.24, 2.45) is 0 Å². The van der Waals surface area contributed by atoms with Gasteiger partial charge >= 0.3 is 5.97 Å². The summed E-state index contributed by atoms with van der Waals surface area (Å²) in [5, 5.41) is 7.32. The number of carbonyl (C=O) groups is 1. The van der Waals surface area contributed by atoms with Crippen LogP contribution in [0, 0.1) is 5.82 Å². The fraction of sp³-hybridized carbons (Fsp3) is 0.222. The molecular weight excluding hydrogens is 290 g/mol. The van der Waals surface area contributed by atoms with E-state index in [-0.39, 0.29) is 12.4 Å². The van der Waals surface area contributed by atoms with E-state index in [9.17, 15) is 9.18 Å². The van der Waals surface area contributed by atoms with Crippen LogP contribution in [-0.4, -0.2) is 23.1 Å². The Morgan fingerprint density at radius 1 is 1.67 bits per heavy atom. The largest absolute Gasteiger partial charge is 0.491 e. The van der Waals surface area contributed by atoms with Gasteiger partial charge in [0, 0.05) is 6.07 Å². The van der Waals surface area contributed by atoms with Crippen LogP contribution >= 0.6 is 27.5 Å². The van der Waals surface area contributed by atoms with E-state index in [0.717, 1.165) is 6.07 Å². The molecule has 0 aliphatic heterocycles. The number of hydrogen-bond acceptors (Lipinski definition) is 2. The third-order valence-electron chi connectivity index (χ3n) is 1.56. The van der Waals surface area contributed by atoms with Crippen molar-refractivity contribution >= 4 is 33.5 Å². The average molecular weight is 298 g/mol. The Hall–Kier alpha value is -0.810. The van der Waals surface area contributed by atoms with Gasteiger partial charge in [-0.1, -0.05) is 0 Å². The number of halogens is 3. The highest BCUT2D eigenvalue weighted by Gasteiger charge is 2.14. The van der Waals surface area contributed by atoms with Crippen molar-refractivity contribution in [2.75, 3.05) is 6.61 Å². The highest BCUT2D eigenvalue weighted by Crippen LogP contribution is 2.21. The van der Waals surface area contributed by atoms with Gasteiger partial charge in [0.15, 0.2) is 5.38 Å². The fourth-order valence-corrected chi connectivity index (χ4v) is 1.12. The van der Waals surface area contributed by atoms with Crippen LogP contribution < -0.4 is 4.74 Å². The molecule has 1 unspecified atom stereocenters. The maximum absolute atomic E-state index is 13.0. The molecule has 82 valence electrons. The van der Waals surface area contributed by atoms with Gasteiger partial charge in [0.2, 0.25) is 0 Å². The molecule has 0 spiro atoms. The van der Waals surface area contributed by atoms with E-state index in [1.807, 2.05) is 0 Å². The molecule has 0 bridgehead atoms. The summed E-state index contributed by atoms with van der Waals surface area (Å²) >= 11 is 8.39. The van der Waals surface area contributed by atoms with Gasteiger partial charge in [-0.15, -0.1) is 11.6 Å². The second-order valence-electron chi connectivity index (χ2n) is 2.69. The monoisotopic (exact) mass is 296 g/mol. The maximum Gasteiger partial charge on any atom is 0.325 e. The molecule has 0 saturated heterocycles. The maximum atomic E-state index is 13.0. The Kier molecular flexibility index (Phi) is 4.35. The molecule has 0 amide bonds. The molecule has 3 nitrogen and oxygen atoms in total. The molecule has 1 aromatic rings. The van der Waals surface area contributed by atoms with Crippen molar-refractivity contribution in [1.82, 2.24) is 0 Å². The molecule has 0 aliphatic rings. The summed E-state index contributed by atoms with van der Waals surface area (Å²) in [6.45, 7) is -0.210. The normalized spacial score (nSPS) is 12.2. The number of aliphatic carboxylic acids is 1. The van der Waals surface area contributed by atoms with Gasteiger partial charge in [-0.3, -0.25) is 4.79 Å². The number of alkyl halides is 1. The highest BCUT2D eigenvalue weighted by molar-refractivity contribution is 9.10. The minimum Gasteiger partial charge on any atom is -0.491 e. The Morgan fingerprint density at radius 3 is 2.87 bits per heavy atom. The van der Waals surface area contributed by atoms with E-state index in [2.05, 4.69) is 15.9 Å². The Balaban J connectivity index is 2.58. The van der Waals surface area contributed by atoms with E-state index < -0.39 is 17.2 Å². The zero-order chi connectivity index (χ0) is 11.4. The van der Waals surface area contributed by atoms with Crippen LogP contribution in [0.5, 0.6) is 5.75 Å². The van der Waals surface area contributed by atoms with Gasteiger partial charge in [0.05, 0.1) is 4.47 Å². The Bertz CT molecular complexity index is 372. The summed E-state index contributed by atoms with van der Waals surface area (Å²) < 4.78 is 18.3. The molecule has 0 radical (unpaired) electrons. The van der Waals surface area contributed by atoms with Crippen molar-refractivity contribution in [3.63, 3.8) is 0 Å². The number of carboxylic acids is 1. The van der Waals surface area contributed by atoms with Crippen molar-refractivity contribution in [3.05, 3.63) is 28.5 Å². The molecule has 0 saturated carbocycles. The van der Waals surface area contributed by atoms with E-state index in [4.69, 9.17) is 21.4 Å². The van der Waals surface area contributed by atoms with Crippen LogP contribution in [0.3, 0.4) is 0 Å². The summed E-state index contributed by atoms with van der Waals surface area (Å²) in [5.74, 6) is -1.41. The lowest BCUT2D eigenvalue weighted by Crippen LogP contribution is -2.21. The van der Waals surface area contributed by atoms with E-state index in [1.165, 1.54) is 12.1 Å². The summed E-state index contributed by atoms with van der Waals surface area (Å²) in [6.07, 6.45) is 0. The van der Waals surface area contributed by atoms with Gasteiger partial charge in [-0.25, -0.2) is 4.39 Å². The predicted molar refractivity (Wildman–Crippen MR) is 56.9 cm³/mol. The molecule has 0 aliphatic carbocycles. The lowest BCUT2D eigenvalue weighted by atomic mass is 10.3. The van der Waals surface area contributed by atoms with Crippen molar-refractivity contribution in [1.29, 1.82) is 0 Å². The fourth-order valence-electron chi connectivity index (χ4n) is 0.807. The second kappa shape index (κ2) is 5.32. The first-order valence-electron chi connectivity index (χ1n) is 3.95. The number of ether oxygens (including phenoxy) is 1. The first kappa shape index (κ1) is 12.3. The molecular formula is C9H7BrClFO3. The Labute approximate surface area is 98.9 Å². The molecule has 1 N–H and O–H groups in total. The molecule has 1 rings (SSSR count). The lowest BCUT2D eigenvalue weighted by molar-refractivity contribution is -0.137. The third kappa shape index (κ3) is 3.68. The van der Waals surface area contributed by atoms with Gasteiger partial charge in [-0.2, -0.15) is 0 Å². The van der Waals surface area contributed by atoms with Crippen LogP contribution in [0.2, 0.25) is 0 Å². The third-order valence-corrected chi connectivity index (χ3v) is 2.51. The van der Waals surface area contributed by atoms with Crippen LogP contribution in [0.25, 0.3) is 0 Å². The smallest absolute Gasteiger partial charge is 0.325 e. The molecule has 6 heteroatoms. The minimum absolute atomic E-state index is 0.210. The van der Waals surface area contributed by atoms with Crippen LogP contribution in [0.4, 0.5) is 4.39 Å². The van der Waals surface area contributed by atoms with Gasteiger partial charge in [0.1, 0.15) is 18.2 Å². The lowest BCUT2D eigenvalue weighted by Gasteiger charge is -2.08. The average Bonchev–Trinajstić information content (AvgIpc) is 2.19. The predicted octanol–water partition coefficient (Wildman–Crippen LogP) is 2.66. The SMILES string of the molecule is O=C(O)C(Cl)COc1ccc(Br)c(F)c1. The number of rotatable bonds is 4. The summed E-state index contributed by atoms with van der Waals surface area (Å²) in [6, 6.07) is 4.13. The first-order valence-corrected chi connectivity index (χ1v) is 5.18. The highest BCUT2D eigenvalue weighted by atomic mass is 79.9. The van der Waals surface area contributed by atoms with Gasteiger partial charge < -0.3 is 9.84 Å². The van der Waals surface area contributed by atoms with Crippen molar-refractivity contribution in [3.8, 4) is 5.75 Å². The summed E-state index contributed by atoms with van der Waals surface area (Å²) in [5.41, 5.74) is 0. The Morgan fingerprint density at radius 2 is 2.33 bits per heavy atom. The molecule has 0 heterocycles. The van der Waals surface area contributed by atoms with Crippen LogP contribution in [0.15, 0.2) is 22.7 Å². The molecule has 0 fully saturated rings.